The number of aromatic hydroxyl groups is 1. The van der Waals surface area contributed by atoms with Crippen LogP contribution in [0.5, 0.6) is 5.75 Å². The summed E-state index contributed by atoms with van der Waals surface area (Å²) in [5.41, 5.74) is 1.12. The third kappa shape index (κ3) is 2.43. The lowest BCUT2D eigenvalue weighted by Gasteiger charge is -2.08. The Morgan fingerprint density at radius 3 is 2.74 bits per heavy atom. The SMILES string of the molecule is CCCCCn1c(C(=O)OC)c(O)c2ccccc21. The molecule has 102 valence electrons. The topological polar surface area (TPSA) is 51.5 Å². The lowest BCUT2D eigenvalue weighted by Crippen LogP contribution is -2.11. The first-order valence-corrected chi connectivity index (χ1v) is 6.59. The van der Waals surface area contributed by atoms with E-state index < -0.39 is 5.97 Å². The largest absolute Gasteiger partial charge is 0.505 e. The highest BCUT2D eigenvalue weighted by Crippen LogP contribution is 2.32. The molecule has 0 saturated heterocycles. The summed E-state index contributed by atoms with van der Waals surface area (Å²) in [6.45, 7) is 2.84. The van der Waals surface area contributed by atoms with Crippen molar-refractivity contribution in [2.24, 2.45) is 0 Å². The van der Waals surface area contributed by atoms with E-state index in [9.17, 15) is 9.90 Å². The van der Waals surface area contributed by atoms with Gasteiger partial charge >= 0.3 is 5.97 Å². The summed E-state index contributed by atoms with van der Waals surface area (Å²) < 4.78 is 6.63. The van der Waals surface area contributed by atoms with Crippen molar-refractivity contribution in [2.45, 2.75) is 32.7 Å². The Kier molecular flexibility index (Phi) is 4.10. The molecule has 0 bridgehead atoms. The predicted octanol–water partition coefficient (Wildman–Crippen LogP) is 3.32. The maximum Gasteiger partial charge on any atom is 0.358 e. The summed E-state index contributed by atoms with van der Waals surface area (Å²) in [5.74, 6) is -0.482. The van der Waals surface area contributed by atoms with Crippen molar-refractivity contribution in [3.63, 3.8) is 0 Å². The van der Waals surface area contributed by atoms with Crippen molar-refractivity contribution in [2.75, 3.05) is 7.11 Å². The number of hydrogen-bond acceptors (Lipinski definition) is 3. The number of unbranched alkanes of at least 4 members (excludes halogenated alkanes) is 2. The molecule has 0 aliphatic rings. The second-order valence-corrected chi connectivity index (χ2v) is 4.56. The van der Waals surface area contributed by atoms with Crippen molar-refractivity contribution in [1.82, 2.24) is 4.57 Å². The van der Waals surface area contributed by atoms with E-state index in [1.54, 1.807) is 0 Å². The number of hydrogen-bond donors (Lipinski definition) is 1. The number of ether oxygens (including phenoxy) is 1. The molecule has 0 radical (unpaired) electrons. The predicted molar refractivity (Wildman–Crippen MR) is 74.5 cm³/mol. The van der Waals surface area contributed by atoms with Crippen molar-refractivity contribution >= 4 is 16.9 Å². The van der Waals surface area contributed by atoms with Crippen LogP contribution in [-0.4, -0.2) is 22.8 Å². The fraction of sp³-hybridized carbons (Fsp3) is 0.400. The fourth-order valence-corrected chi connectivity index (χ4v) is 2.34. The van der Waals surface area contributed by atoms with Crippen LogP contribution in [0.25, 0.3) is 10.9 Å². The lowest BCUT2D eigenvalue weighted by molar-refractivity contribution is 0.0585. The number of aryl methyl sites for hydroxylation is 1. The highest BCUT2D eigenvalue weighted by Gasteiger charge is 2.22. The molecule has 1 aromatic carbocycles. The van der Waals surface area contributed by atoms with E-state index in [1.165, 1.54) is 7.11 Å². The summed E-state index contributed by atoms with van der Waals surface area (Å²) in [6, 6.07) is 7.47. The van der Waals surface area contributed by atoms with Crippen LogP contribution in [0.1, 0.15) is 36.7 Å². The highest BCUT2D eigenvalue weighted by molar-refractivity contribution is 6.01. The molecule has 0 saturated carbocycles. The molecule has 1 heterocycles. The third-order valence-electron chi connectivity index (χ3n) is 3.31. The van der Waals surface area contributed by atoms with Gasteiger partial charge in [-0.3, -0.25) is 0 Å². The van der Waals surface area contributed by atoms with Gasteiger partial charge in [-0.2, -0.15) is 0 Å². The van der Waals surface area contributed by atoms with Gasteiger partial charge in [-0.1, -0.05) is 31.9 Å². The number of methoxy groups -OCH3 is 1. The van der Waals surface area contributed by atoms with Gasteiger partial charge in [0, 0.05) is 11.9 Å². The normalized spacial score (nSPS) is 10.8. The van der Waals surface area contributed by atoms with Crippen LogP contribution in [-0.2, 0) is 11.3 Å². The van der Waals surface area contributed by atoms with Gasteiger partial charge in [0.2, 0.25) is 0 Å². The molecule has 0 fully saturated rings. The lowest BCUT2D eigenvalue weighted by atomic mass is 10.2. The monoisotopic (exact) mass is 261 g/mol. The van der Waals surface area contributed by atoms with E-state index in [4.69, 9.17) is 4.74 Å². The first-order chi connectivity index (χ1) is 9.20. The second kappa shape index (κ2) is 5.78. The van der Waals surface area contributed by atoms with Crippen LogP contribution < -0.4 is 0 Å². The molecule has 0 spiro atoms. The summed E-state index contributed by atoms with van der Waals surface area (Å²) in [4.78, 5) is 11.9. The number of benzene rings is 1. The average Bonchev–Trinajstić information content (AvgIpc) is 2.72. The molecule has 0 amide bonds. The van der Waals surface area contributed by atoms with Crippen LogP contribution >= 0.6 is 0 Å². The smallest absolute Gasteiger partial charge is 0.358 e. The molecular formula is C15H19NO3. The number of rotatable bonds is 5. The minimum atomic E-state index is -0.495. The Morgan fingerprint density at radius 1 is 1.32 bits per heavy atom. The van der Waals surface area contributed by atoms with E-state index in [0.717, 1.165) is 24.8 Å². The van der Waals surface area contributed by atoms with E-state index in [2.05, 4.69) is 6.92 Å². The molecule has 0 aliphatic heterocycles. The van der Waals surface area contributed by atoms with Crippen LogP contribution in [0.15, 0.2) is 24.3 Å². The van der Waals surface area contributed by atoms with Gasteiger partial charge in [0.1, 0.15) is 0 Å². The molecule has 1 N–H and O–H groups in total. The van der Waals surface area contributed by atoms with Gasteiger partial charge in [0.25, 0.3) is 0 Å². The van der Waals surface area contributed by atoms with Gasteiger partial charge in [0.05, 0.1) is 12.6 Å². The summed E-state index contributed by atoms with van der Waals surface area (Å²) >= 11 is 0. The quantitative estimate of drug-likeness (QED) is 0.663. The number of esters is 1. The zero-order valence-corrected chi connectivity index (χ0v) is 11.3. The molecule has 19 heavy (non-hydrogen) atoms. The first-order valence-electron chi connectivity index (χ1n) is 6.59. The van der Waals surface area contributed by atoms with Gasteiger partial charge in [0.15, 0.2) is 11.4 Å². The minimum Gasteiger partial charge on any atom is -0.505 e. The Balaban J connectivity index is 2.53. The first kappa shape index (κ1) is 13.5. The molecule has 2 aromatic rings. The molecule has 0 aliphatic carbocycles. The number of fused-ring (bicyclic) bond motifs is 1. The summed E-state index contributed by atoms with van der Waals surface area (Å²) in [6.07, 6.45) is 3.17. The van der Waals surface area contributed by atoms with Gasteiger partial charge in [-0.25, -0.2) is 4.79 Å². The maximum absolute atomic E-state index is 11.9. The molecule has 4 heteroatoms. The van der Waals surface area contributed by atoms with Crippen molar-refractivity contribution in [3.05, 3.63) is 30.0 Å². The van der Waals surface area contributed by atoms with Gasteiger partial charge in [-0.05, 0) is 18.6 Å². The zero-order valence-electron chi connectivity index (χ0n) is 11.3. The zero-order chi connectivity index (χ0) is 13.8. The van der Waals surface area contributed by atoms with E-state index in [1.807, 2.05) is 28.8 Å². The molecule has 0 unspecified atom stereocenters. The Morgan fingerprint density at radius 2 is 2.05 bits per heavy atom. The highest BCUT2D eigenvalue weighted by atomic mass is 16.5. The van der Waals surface area contributed by atoms with Crippen molar-refractivity contribution in [1.29, 1.82) is 0 Å². The summed E-state index contributed by atoms with van der Waals surface area (Å²) in [5, 5.41) is 10.9. The molecule has 2 rings (SSSR count). The number of para-hydroxylation sites is 1. The second-order valence-electron chi connectivity index (χ2n) is 4.56. The van der Waals surface area contributed by atoms with Crippen LogP contribution in [0.4, 0.5) is 0 Å². The number of nitrogens with zero attached hydrogens (tertiary/aromatic N) is 1. The van der Waals surface area contributed by atoms with Crippen molar-refractivity contribution in [3.8, 4) is 5.75 Å². The van der Waals surface area contributed by atoms with Gasteiger partial charge in [-0.15, -0.1) is 0 Å². The molecule has 1 aromatic heterocycles. The Hall–Kier alpha value is -1.97. The minimum absolute atomic E-state index is 0.0129. The van der Waals surface area contributed by atoms with Crippen LogP contribution in [0.3, 0.4) is 0 Å². The average molecular weight is 261 g/mol. The fourth-order valence-electron chi connectivity index (χ4n) is 2.34. The summed E-state index contributed by atoms with van der Waals surface area (Å²) in [7, 11) is 1.33. The van der Waals surface area contributed by atoms with E-state index >= 15 is 0 Å². The molecule has 4 nitrogen and oxygen atoms in total. The Bertz CT molecular complexity index is 586. The van der Waals surface area contributed by atoms with Gasteiger partial charge < -0.3 is 14.4 Å². The van der Waals surface area contributed by atoms with E-state index in [0.29, 0.717) is 11.9 Å². The third-order valence-corrected chi connectivity index (χ3v) is 3.31. The van der Waals surface area contributed by atoms with Crippen LogP contribution in [0, 0.1) is 0 Å². The van der Waals surface area contributed by atoms with Crippen LogP contribution in [0.2, 0.25) is 0 Å². The van der Waals surface area contributed by atoms with E-state index in [-0.39, 0.29) is 11.4 Å². The Labute approximate surface area is 112 Å². The number of carbonyl (C=O) groups excluding carboxylic acids is 1. The molecular weight excluding hydrogens is 242 g/mol. The molecule has 0 atom stereocenters. The number of carbonyl (C=O) groups is 1. The van der Waals surface area contributed by atoms with Crippen molar-refractivity contribution < 1.29 is 14.6 Å². The number of aromatic nitrogens is 1. The standard InChI is InChI=1S/C15H19NO3/c1-3-4-7-10-16-12-9-6-5-8-11(12)14(17)13(16)15(18)19-2/h5-6,8-9,17H,3-4,7,10H2,1-2H3. The maximum atomic E-state index is 11.9.